The van der Waals surface area contributed by atoms with Gasteiger partial charge in [-0.3, -0.25) is 0 Å². The minimum absolute atomic E-state index is 0.850. The Kier molecular flexibility index (Phi) is 7.51. The zero-order valence-corrected chi connectivity index (χ0v) is 19.8. The van der Waals surface area contributed by atoms with Crippen LogP contribution in [0.3, 0.4) is 0 Å². The first kappa shape index (κ1) is 22.6. The Morgan fingerprint density at radius 2 is 0.968 bits per heavy atom. The van der Waals surface area contributed by atoms with E-state index in [4.69, 9.17) is 4.98 Å². The van der Waals surface area contributed by atoms with Crippen molar-refractivity contribution in [3.05, 3.63) is 89.2 Å². The first-order valence-corrected chi connectivity index (χ1v) is 11.8. The topological polar surface area (TPSA) is 18.9 Å². The molecule has 0 amide bonds. The van der Waals surface area contributed by atoms with Gasteiger partial charge in [0.2, 0.25) is 22.8 Å². The van der Waals surface area contributed by atoms with E-state index in [1.165, 1.54) is 33.9 Å². The minimum atomic E-state index is 0.850. The first-order chi connectivity index (χ1) is 15.4. The highest BCUT2D eigenvalue weighted by atomic mass is 15.2. The van der Waals surface area contributed by atoms with Crippen molar-refractivity contribution >= 4 is 22.8 Å². The Balaban J connectivity index is 0.000000421. The van der Waals surface area contributed by atoms with Crippen LogP contribution < -0.4 is 0 Å². The van der Waals surface area contributed by atoms with Crippen LogP contribution in [0.1, 0.15) is 64.1 Å². The molecule has 4 heterocycles. The van der Waals surface area contributed by atoms with Crippen LogP contribution in [0.2, 0.25) is 0 Å². The third-order valence-electron chi connectivity index (χ3n) is 5.56. The molecule has 0 fully saturated rings. The fourth-order valence-electron chi connectivity index (χ4n) is 4.37. The summed E-state index contributed by atoms with van der Waals surface area (Å²) in [6.45, 7) is 12.9. The molecule has 2 bridgehead atoms. The largest absolute Gasteiger partial charge is 0.345 e. The highest BCUT2D eigenvalue weighted by Gasteiger charge is 2.41. The van der Waals surface area contributed by atoms with Crippen LogP contribution in [-0.2, 0) is 12.8 Å². The van der Waals surface area contributed by atoms with Crippen molar-refractivity contribution in [3.63, 3.8) is 0 Å². The molecule has 2 aromatic carbocycles. The molecule has 0 atom stereocenters. The third kappa shape index (κ3) is 3.97. The predicted molar refractivity (Wildman–Crippen MR) is 131 cm³/mol. The molecule has 0 N–H and O–H groups in total. The zero-order chi connectivity index (χ0) is 22.4. The molecule has 0 aliphatic carbocycles. The van der Waals surface area contributed by atoms with Crippen molar-refractivity contribution in [1.29, 1.82) is 0 Å². The molecule has 0 radical (unpaired) electrons. The molecule has 3 aliphatic rings. The Labute approximate surface area is 187 Å². The van der Waals surface area contributed by atoms with Gasteiger partial charge in [0.15, 0.2) is 0 Å². The van der Waals surface area contributed by atoms with Crippen LogP contribution in [0, 0.1) is 0 Å². The molecule has 3 nitrogen and oxygen atoms in total. The van der Waals surface area contributed by atoms with Gasteiger partial charge in [-0.2, -0.15) is 0 Å². The van der Waals surface area contributed by atoms with E-state index in [2.05, 4.69) is 75.9 Å². The van der Waals surface area contributed by atoms with Crippen molar-refractivity contribution in [3.8, 4) is 0 Å². The molecule has 1 aromatic heterocycles. The number of aromatic nitrogens is 1. The summed E-state index contributed by atoms with van der Waals surface area (Å²) in [5.74, 6) is 0. The van der Waals surface area contributed by atoms with E-state index in [9.17, 15) is 0 Å². The lowest BCUT2D eigenvalue weighted by Gasteiger charge is -2.08. The lowest BCUT2D eigenvalue weighted by molar-refractivity contribution is -0.650. The first-order valence-electron chi connectivity index (χ1n) is 11.8. The molecule has 0 saturated heterocycles. The SMILES string of the molecule is CC.CC.CC.c1cc2nc(c1)C1=[N+](C[N+]3=C2Cc2ccccc23)c2ccccc2C1. The van der Waals surface area contributed by atoms with E-state index in [0.29, 0.717) is 0 Å². The van der Waals surface area contributed by atoms with E-state index in [1.807, 2.05) is 41.5 Å². The summed E-state index contributed by atoms with van der Waals surface area (Å²) < 4.78 is 4.89. The van der Waals surface area contributed by atoms with Gasteiger partial charge in [0, 0.05) is 23.3 Å². The van der Waals surface area contributed by atoms with E-state index >= 15 is 0 Å². The maximum atomic E-state index is 5.03. The lowest BCUT2D eigenvalue weighted by atomic mass is 10.1. The molecule has 0 unspecified atom stereocenters. The third-order valence-corrected chi connectivity index (χ3v) is 5.56. The second-order valence-corrected chi connectivity index (χ2v) is 6.91. The highest BCUT2D eigenvalue weighted by molar-refractivity contribution is 6.03. The predicted octanol–water partition coefficient (Wildman–Crippen LogP) is 6.51. The summed E-state index contributed by atoms with van der Waals surface area (Å²) >= 11 is 0. The second-order valence-electron chi connectivity index (χ2n) is 6.91. The van der Waals surface area contributed by atoms with Crippen LogP contribution >= 0.6 is 0 Å². The maximum Gasteiger partial charge on any atom is 0.345 e. The summed E-state index contributed by atoms with van der Waals surface area (Å²) in [7, 11) is 0. The number of benzene rings is 2. The van der Waals surface area contributed by atoms with E-state index in [-0.39, 0.29) is 0 Å². The molecule has 3 aliphatic heterocycles. The van der Waals surface area contributed by atoms with Crippen LogP contribution in [0.15, 0.2) is 66.7 Å². The summed E-state index contributed by atoms with van der Waals surface area (Å²) in [6, 6.07) is 23.9. The van der Waals surface area contributed by atoms with Crippen LogP contribution in [-0.4, -0.2) is 32.2 Å². The highest BCUT2D eigenvalue weighted by Crippen LogP contribution is 2.33. The van der Waals surface area contributed by atoms with Crippen LogP contribution in [0.25, 0.3) is 0 Å². The number of pyridine rings is 1. The zero-order valence-electron chi connectivity index (χ0n) is 19.8. The Hall–Kier alpha value is -3.07. The smallest absolute Gasteiger partial charge is 0.236 e. The van der Waals surface area contributed by atoms with Gasteiger partial charge in [-0.25, -0.2) is 4.98 Å². The Bertz CT molecular complexity index is 1040. The number of rotatable bonds is 0. The van der Waals surface area contributed by atoms with Crippen molar-refractivity contribution in [2.75, 3.05) is 6.67 Å². The average Bonchev–Trinajstić information content (AvgIpc) is 3.42. The monoisotopic (exact) mass is 413 g/mol. The summed E-state index contributed by atoms with van der Waals surface area (Å²) in [6.07, 6.45) is 1.91. The van der Waals surface area contributed by atoms with Crippen molar-refractivity contribution in [2.45, 2.75) is 54.4 Å². The average molecular weight is 414 g/mol. The number of fused-ring (bicyclic) bond motifs is 8. The number of para-hydroxylation sites is 2. The van der Waals surface area contributed by atoms with E-state index in [1.54, 1.807) is 0 Å². The summed E-state index contributed by atoms with van der Waals surface area (Å²) in [4.78, 5) is 5.03. The lowest BCUT2D eigenvalue weighted by Crippen LogP contribution is -2.29. The van der Waals surface area contributed by atoms with E-state index < -0.39 is 0 Å². The molecule has 0 spiro atoms. The standard InChI is InChI=1S/C22H17N3.3C2H6/c1-3-10-19-15(6-1)12-21-17-8-5-9-18(23-17)22-13-16-7-2-4-11-20(16)25(22)14-24(19)21;3*1-2/h1-11H,12-14H2;3*1-2H3/q+2;;;. The molecule has 31 heavy (non-hydrogen) atoms. The van der Waals surface area contributed by atoms with Crippen LogP contribution in [0.4, 0.5) is 11.4 Å². The van der Waals surface area contributed by atoms with Gasteiger partial charge < -0.3 is 0 Å². The Morgan fingerprint density at radius 1 is 0.548 bits per heavy atom. The van der Waals surface area contributed by atoms with Gasteiger partial charge in [0.05, 0.1) is 12.8 Å². The van der Waals surface area contributed by atoms with Gasteiger partial charge in [0.25, 0.3) is 0 Å². The number of nitrogens with zero attached hydrogens (tertiary/aromatic N) is 3. The molecule has 3 aromatic rings. The van der Waals surface area contributed by atoms with Gasteiger partial charge >= 0.3 is 6.67 Å². The molecular formula is C28H35N3+2. The number of hydrogen-bond donors (Lipinski definition) is 0. The molecular weight excluding hydrogens is 378 g/mol. The quantitative estimate of drug-likeness (QED) is 0.384. The van der Waals surface area contributed by atoms with Crippen molar-refractivity contribution < 1.29 is 9.15 Å². The second kappa shape index (κ2) is 10.3. The molecule has 0 saturated carbocycles. The Morgan fingerprint density at radius 3 is 1.42 bits per heavy atom. The van der Waals surface area contributed by atoms with E-state index in [0.717, 1.165) is 30.9 Å². The fourth-order valence-corrected chi connectivity index (χ4v) is 4.37. The molecule has 160 valence electrons. The normalized spacial score (nSPS) is 14.1. The molecule has 6 rings (SSSR count). The molecule has 3 heteroatoms. The fraction of sp³-hybridized carbons (Fsp3) is 0.321. The van der Waals surface area contributed by atoms with Gasteiger partial charge in [0.1, 0.15) is 11.4 Å². The summed E-state index contributed by atoms with van der Waals surface area (Å²) in [5.41, 5.74) is 10.2. The van der Waals surface area contributed by atoms with Gasteiger partial charge in [-0.1, -0.05) is 84.0 Å². The van der Waals surface area contributed by atoms with Crippen molar-refractivity contribution in [2.24, 2.45) is 0 Å². The van der Waals surface area contributed by atoms with Gasteiger partial charge in [-0.05, 0) is 12.1 Å². The van der Waals surface area contributed by atoms with Crippen molar-refractivity contribution in [1.82, 2.24) is 4.98 Å². The minimum Gasteiger partial charge on any atom is -0.236 e. The summed E-state index contributed by atoms with van der Waals surface area (Å²) in [5, 5.41) is 0. The van der Waals surface area contributed by atoms with Crippen LogP contribution in [0.5, 0.6) is 0 Å². The van der Waals surface area contributed by atoms with Gasteiger partial charge in [-0.15, -0.1) is 9.15 Å². The maximum absolute atomic E-state index is 5.03. The number of hydrogen-bond acceptors (Lipinski definition) is 1.